The van der Waals surface area contributed by atoms with Crippen LogP contribution in [-0.2, 0) is 4.79 Å². The number of amides is 1. The second-order valence-corrected chi connectivity index (χ2v) is 6.25. The minimum atomic E-state index is -0.784. The highest BCUT2D eigenvalue weighted by atomic mass is 16.3. The van der Waals surface area contributed by atoms with Crippen LogP contribution < -0.4 is 10.0 Å². The monoisotopic (exact) mass is 362 g/mol. The number of hydrazone groups is 2. The average Bonchev–Trinajstić information content (AvgIpc) is 2.99. The van der Waals surface area contributed by atoms with Crippen molar-refractivity contribution >= 4 is 29.2 Å². The van der Waals surface area contributed by atoms with Gasteiger partial charge in [0.15, 0.2) is 6.23 Å². The normalized spacial score (nSPS) is 20.0. The summed E-state index contributed by atoms with van der Waals surface area (Å²) in [5.41, 5.74) is 2.98. The summed E-state index contributed by atoms with van der Waals surface area (Å²) in [4.78, 5) is 11.3. The number of nitrogens with zero attached hydrogens (tertiary/aromatic N) is 4. The van der Waals surface area contributed by atoms with Gasteiger partial charge in [-0.2, -0.15) is 10.2 Å². The summed E-state index contributed by atoms with van der Waals surface area (Å²) in [6.07, 6.45) is 3.54. The zero-order valence-electron chi connectivity index (χ0n) is 15.3. The average molecular weight is 362 g/mol. The molecule has 2 aromatic carbocycles. The molecule has 1 aliphatic rings. The second-order valence-electron chi connectivity index (χ2n) is 6.25. The lowest BCUT2D eigenvalue weighted by Gasteiger charge is -2.21. The Morgan fingerprint density at radius 2 is 1.78 bits per heavy atom. The van der Waals surface area contributed by atoms with Gasteiger partial charge in [0.05, 0.1) is 23.0 Å². The third-order valence-corrected chi connectivity index (χ3v) is 4.27. The van der Waals surface area contributed by atoms with Crippen LogP contribution in [0.15, 0.2) is 83.0 Å². The number of anilines is 2. The van der Waals surface area contributed by atoms with E-state index in [1.165, 1.54) is 5.01 Å². The standard InChI is InChI=1S/C21H22N4O2/c1-16(22-24(15-26)18-9-5-3-6-10-18)13-14-20-17(2)23-25(21(20)27)19-11-7-4-8-12-19/h3-15,20-21,27H,1-2H3/b14-13+,22-16-. The molecule has 3 rings (SSSR count). The molecule has 0 aromatic heterocycles. The van der Waals surface area contributed by atoms with Crippen molar-refractivity contribution in [1.29, 1.82) is 0 Å². The number of allylic oxidation sites excluding steroid dienone is 1. The Labute approximate surface area is 158 Å². The highest BCUT2D eigenvalue weighted by Crippen LogP contribution is 2.27. The van der Waals surface area contributed by atoms with E-state index in [1.54, 1.807) is 18.0 Å². The Morgan fingerprint density at radius 1 is 1.15 bits per heavy atom. The fourth-order valence-electron chi connectivity index (χ4n) is 2.86. The maximum atomic E-state index is 11.3. The number of hydrogen-bond donors (Lipinski definition) is 1. The summed E-state index contributed by atoms with van der Waals surface area (Å²) in [5.74, 6) is -0.253. The van der Waals surface area contributed by atoms with Crippen molar-refractivity contribution < 1.29 is 9.90 Å². The maximum Gasteiger partial charge on any atom is 0.234 e. The van der Waals surface area contributed by atoms with Gasteiger partial charge in [-0.25, -0.2) is 10.0 Å². The molecule has 2 atom stereocenters. The molecule has 1 heterocycles. The first-order valence-electron chi connectivity index (χ1n) is 8.70. The van der Waals surface area contributed by atoms with Crippen molar-refractivity contribution in [2.75, 3.05) is 10.0 Å². The summed E-state index contributed by atoms with van der Waals surface area (Å²) in [7, 11) is 0. The van der Waals surface area contributed by atoms with E-state index >= 15 is 0 Å². The van der Waals surface area contributed by atoms with E-state index in [9.17, 15) is 9.90 Å². The quantitative estimate of drug-likeness (QED) is 0.486. The van der Waals surface area contributed by atoms with Crippen LogP contribution in [0.2, 0.25) is 0 Å². The minimum absolute atomic E-state index is 0.253. The molecule has 2 aromatic rings. The Bertz CT molecular complexity index is 862. The highest BCUT2D eigenvalue weighted by molar-refractivity contribution is 5.97. The summed E-state index contributed by atoms with van der Waals surface area (Å²) in [6, 6.07) is 18.7. The van der Waals surface area contributed by atoms with Gasteiger partial charge in [-0.05, 0) is 44.2 Å². The number of rotatable bonds is 6. The number of hydrogen-bond acceptors (Lipinski definition) is 5. The van der Waals surface area contributed by atoms with Crippen LogP contribution >= 0.6 is 0 Å². The lowest BCUT2D eigenvalue weighted by atomic mass is 10.0. The largest absolute Gasteiger partial charge is 0.371 e. The molecule has 6 heteroatoms. The Balaban J connectivity index is 1.73. The molecule has 0 aliphatic carbocycles. The van der Waals surface area contributed by atoms with E-state index in [-0.39, 0.29) is 5.92 Å². The van der Waals surface area contributed by atoms with Crippen molar-refractivity contribution in [3.8, 4) is 0 Å². The van der Waals surface area contributed by atoms with E-state index in [0.29, 0.717) is 17.8 Å². The second kappa shape index (κ2) is 8.42. The van der Waals surface area contributed by atoms with Crippen molar-refractivity contribution in [3.63, 3.8) is 0 Å². The van der Waals surface area contributed by atoms with Crippen molar-refractivity contribution in [2.45, 2.75) is 20.1 Å². The number of benzene rings is 2. The fraction of sp³-hybridized carbons (Fsp3) is 0.190. The third kappa shape index (κ3) is 4.30. The molecule has 1 amide bonds. The van der Waals surface area contributed by atoms with Crippen LogP contribution in [0, 0.1) is 5.92 Å². The summed E-state index contributed by atoms with van der Waals surface area (Å²) >= 11 is 0. The molecule has 27 heavy (non-hydrogen) atoms. The maximum absolute atomic E-state index is 11.3. The Kier molecular flexibility index (Phi) is 5.78. The molecule has 0 saturated heterocycles. The van der Waals surface area contributed by atoms with Crippen molar-refractivity contribution in [1.82, 2.24) is 0 Å². The van der Waals surface area contributed by atoms with Crippen LogP contribution in [-0.4, -0.2) is 29.2 Å². The van der Waals surface area contributed by atoms with Crippen LogP contribution in [0.1, 0.15) is 13.8 Å². The lowest BCUT2D eigenvalue weighted by molar-refractivity contribution is -0.107. The number of para-hydroxylation sites is 2. The van der Waals surface area contributed by atoms with E-state index in [0.717, 1.165) is 11.4 Å². The SMILES string of the molecule is CC1=NN(c2ccccc2)C(O)C1/C=C/C(C)=N\N(C=O)c1ccccc1. The van der Waals surface area contributed by atoms with Gasteiger partial charge in [0.25, 0.3) is 0 Å². The van der Waals surface area contributed by atoms with E-state index in [4.69, 9.17) is 0 Å². The highest BCUT2D eigenvalue weighted by Gasteiger charge is 2.32. The van der Waals surface area contributed by atoms with Gasteiger partial charge >= 0.3 is 0 Å². The molecule has 2 unspecified atom stereocenters. The van der Waals surface area contributed by atoms with Crippen molar-refractivity contribution in [3.05, 3.63) is 72.8 Å². The van der Waals surface area contributed by atoms with Gasteiger partial charge in [-0.3, -0.25) is 4.79 Å². The lowest BCUT2D eigenvalue weighted by Crippen LogP contribution is -2.31. The van der Waals surface area contributed by atoms with Crippen molar-refractivity contribution in [2.24, 2.45) is 16.1 Å². The molecular formula is C21H22N4O2. The first kappa shape index (κ1) is 18.5. The topological polar surface area (TPSA) is 68.5 Å². The molecule has 0 radical (unpaired) electrons. The molecule has 0 spiro atoms. The van der Waals surface area contributed by atoms with Crippen LogP contribution in [0.5, 0.6) is 0 Å². The smallest absolute Gasteiger partial charge is 0.234 e. The molecule has 0 fully saturated rings. The van der Waals surface area contributed by atoms with Crippen LogP contribution in [0.3, 0.4) is 0 Å². The molecule has 0 saturated carbocycles. The molecule has 0 bridgehead atoms. The van der Waals surface area contributed by atoms with Gasteiger partial charge < -0.3 is 5.11 Å². The number of carbonyl (C=O) groups is 1. The Hall–Kier alpha value is -3.25. The number of carbonyl (C=O) groups excluding carboxylic acids is 1. The van der Waals surface area contributed by atoms with E-state index in [2.05, 4.69) is 10.2 Å². The first-order valence-corrected chi connectivity index (χ1v) is 8.70. The van der Waals surface area contributed by atoms with E-state index < -0.39 is 6.23 Å². The minimum Gasteiger partial charge on any atom is -0.371 e. The summed E-state index contributed by atoms with van der Waals surface area (Å²) < 4.78 is 0. The summed E-state index contributed by atoms with van der Waals surface area (Å²) in [6.45, 7) is 3.69. The number of aliphatic hydroxyl groups is 1. The zero-order chi connectivity index (χ0) is 19.2. The predicted molar refractivity (Wildman–Crippen MR) is 109 cm³/mol. The van der Waals surface area contributed by atoms with E-state index in [1.807, 2.05) is 73.7 Å². The molecule has 138 valence electrons. The van der Waals surface area contributed by atoms with Gasteiger partial charge in [0, 0.05) is 5.71 Å². The Morgan fingerprint density at radius 3 is 2.41 bits per heavy atom. The third-order valence-electron chi connectivity index (χ3n) is 4.27. The fourth-order valence-corrected chi connectivity index (χ4v) is 2.86. The first-order chi connectivity index (χ1) is 13.1. The summed E-state index contributed by atoms with van der Waals surface area (Å²) in [5, 5.41) is 22.3. The molecule has 1 aliphatic heterocycles. The molecular weight excluding hydrogens is 340 g/mol. The van der Waals surface area contributed by atoms with Gasteiger partial charge in [0.1, 0.15) is 0 Å². The van der Waals surface area contributed by atoms with Crippen LogP contribution in [0.25, 0.3) is 0 Å². The van der Waals surface area contributed by atoms with Crippen LogP contribution in [0.4, 0.5) is 11.4 Å². The molecule has 6 nitrogen and oxygen atoms in total. The van der Waals surface area contributed by atoms with Gasteiger partial charge in [0.2, 0.25) is 6.41 Å². The van der Waals surface area contributed by atoms with Gasteiger partial charge in [-0.15, -0.1) is 0 Å². The number of aliphatic hydroxyl groups excluding tert-OH is 1. The molecule has 1 N–H and O–H groups in total. The zero-order valence-corrected chi connectivity index (χ0v) is 15.3. The predicted octanol–water partition coefficient (Wildman–Crippen LogP) is 3.41. The van der Waals surface area contributed by atoms with Gasteiger partial charge in [-0.1, -0.05) is 42.5 Å².